The first-order chi connectivity index (χ1) is 10.1. The van der Waals surface area contributed by atoms with E-state index < -0.39 is 0 Å². The predicted molar refractivity (Wildman–Crippen MR) is 78.7 cm³/mol. The van der Waals surface area contributed by atoms with Gasteiger partial charge in [0, 0.05) is 25.6 Å². The van der Waals surface area contributed by atoms with Crippen molar-refractivity contribution in [2.45, 2.75) is 19.4 Å². The van der Waals surface area contributed by atoms with E-state index in [2.05, 4.69) is 5.32 Å². The molecule has 1 heterocycles. The molecule has 0 unspecified atom stereocenters. The molecule has 114 valence electrons. The maximum absolute atomic E-state index is 12.1. The number of hydrogen-bond donors (Lipinski definition) is 2. The number of likely N-dealkylation sites (tertiary alicyclic amines) is 1. The number of benzene rings is 1. The van der Waals surface area contributed by atoms with Gasteiger partial charge in [0.2, 0.25) is 5.91 Å². The number of nitrogens with one attached hydrogen (secondary N) is 1. The molecule has 1 saturated heterocycles. The van der Waals surface area contributed by atoms with Gasteiger partial charge < -0.3 is 20.7 Å². The molecule has 0 atom stereocenters. The van der Waals surface area contributed by atoms with E-state index in [-0.39, 0.29) is 17.9 Å². The molecule has 0 radical (unpaired) electrons. The van der Waals surface area contributed by atoms with Crippen LogP contribution in [0.1, 0.15) is 18.4 Å². The van der Waals surface area contributed by atoms with E-state index in [0.29, 0.717) is 32.5 Å². The summed E-state index contributed by atoms with van der Waals surface area (Å²) in [6.07, 6.45) is 1.28. The number of hydrogen-bond acceptors (Lipinski definition) is 3. The fraction of sp³-hybridized carbons (Fsp3) is 0.467. The van der Waals surface area contributed by atoms with Crippen molar-refractivity contribution in [3.8, 4) is 5.75 Å². The second kappa shape index (κ2) is 6.97. The Balaban J connectivity index is 1.81. The van der Waals surface area contributed by atoms with E-state index in [1.807, 2.05) is 24.3 Å². The minimum absolute atomic E-state index is 0.104. The summed E-state index contributed by atoms with van der Waals surface area (Å²) >= 11 is 0. The molecule has 6 heteroatoms. The second-order valence-electron chi connectivity index (χ2n) is 5.17. The van der Waals surface area contributed by atoms with E-state index in [9.17, 15) is 9.59 Å². The molecule has 0 bridgehead atoms. The topological polar surface area (TPSA) is 84.7 Å². The lowest BCUT2D eigenvalue weighted by molar-refractivity contribution is -0.123. The van der Waals surface area contributed by atoms with Crippen molar-refractivity contribution in [2.24, 2.45) is 11.7 Å². The summed E-state index contributed by atoms with van der Waals surface area (Å²) in [7, 11) is 1.61. The van der Waals surface area contributed by atoms with Crippen molar-refractivity contribution in [3.05, 3.63) is 29.8 Å². The summed E-state index contributed by atoms with van der Waals surface area (Å²) in [6, 6.07) is 7.46. The Kier molecular flexibility index (Phi) is 5.03. The Hall–Kier alpha value is -2.24. The zero-order chi connectivity index (χ0) is 15.2. The van der Waals surface area contributed by atoms with Gasteiger partial charge in [0.05, 0.1) is 7.11 Å². The molecule has 1 fully saturated rings. The van der Waals surface area contributed by atoms with E-state index in [1.54, 1.807) is 12.0 Å². The summed E-state index contributed by atoms with van der Waals surface area (Å²) in [5.41, 5.74) is 6.26. The summed E-state index contributed by atoms with van der Waals surface area (Å²) in [4.78, 5) is 24.9. The third-order valence-corrected chi connectivity index (χ3v) is 3.76. The average Bonchev–Trinajstić information content (AvgIpc) is 2.53. The van der Waals surface area contributed by atoms with Crippen molar-refractivity contribution in [2.75, 3.05) is 20.2 Å². The molecule has 0 aromatic heterocycles. The highest BCUT2D eigenvalue weighted by atomic mass is 16.5. The van der Waals surface area contributed by atoms with Crippen LogP contribution in [0.25, 0.3) is 0 Å². The number of amides is 3. The normalized spacial score (nSPS) is 15.6. The van der Waals surface area contributed by atoms with Gasteiger partial charge in [-0.25, -0.2) is 4.79 Å². The lowest BCUT2D eigenvalue weighted by Crippen LogP contribution is -2.46. The third-order valence-electron chi connectivity index (χ3n) is 3.76. The minimum atomic E-state index is -0.272. The number of carbonyl (C=O) groups excluding carboxylic acids is 2. The number of carbonyl (C=O) groups is 2. The van der Waals surface area contributed by atoms with Gasteiger partial charge in [-0.05, 0) is 30.5 Å². The zero-order valence-corrected chi connectivity index (χ0v) is 12.2. The monoisotopic (exact) mass is 291 g/mol. The molecule has 6 nitrogen and oxygen atoms in total. The van der Waals surface area contributed by atoms with E-state index >= 15 is 0 Å². The highest BCUT2D eigenvalue weighted by molar-refractivity contribution is 5.78. The largest absolute Gasteiger partial charge is 0.497 e. The second-order valence-corrected chi connectivity index (χ2v) is 5.17. The standard InChI is InChI=1S/C15H21N3O3/c1-21-13-4-2-3-11(9-13)10-17-15(20)18-7-5-12(6-8-18)14(16)19/h2-4,9,12H,5-8,10H2,1H3,(H2,16,19)(H,17,20). The molecule has 3 amide bonds. The predicted octanol–water partition coefficient (Wildman–Crippen LogP) is 1.10. The summed E-state index contributed by atoms with van der Waals surface area (Å²) in [5.74, 6) is 0.392. The molecule has 1 aromatic carbocycles. The molecule has 3 N–H and O–H groups in total. The highest BCUT2D eigenvalue weighted by Crippen LogP contribution is 2.17. The van der Waals surface area contributed by atoms with E-state index in [0.717, 1.165) is 11.3 Å². The van der Waals surface area contributed by atoms with Crippen LogP contribution in [-0.2, 0) is 11.3 Å². The zero-order valence-electron chi connectivity index (χ0n) is 12.2. The van der Waals surface area contributed by atoms with Crippen LogP contribution in [0, 0.1) is 5.92 Å². The maximum atomic E-state index is 12.1. The number of methoxy groups -OCH3 is 1. The Morgan fingerprint density at radius 3 is 2.71 bits per heavy atom. The summed E-state index contributed by atoms with van der Waals surface area (Å²) < 4.78 is 5.15. The van der Waals surface area contributed by atoms with Crippen LogP contribution in [0.15, 0.2) is 24.3 Å². The number of ether oxygens (including phenoxy) is 1. The number of nitrogens with two attached hydrogens (primary N) is 1. The van der Waals surface area contributed by atoms with Gasteiger partial charge in [0.1, 0.15) is 5.75 Å². The average molecular weight is 291 g/mol. The molecule has 0 spiro atoms. The number of urea groups is 1. The van der Waals surface area contributed by atoms with Crippen molar-refractivity contribution in [1.82, 2.24) is 10.2 Å². The van der Waals surface area contributed by atoms with Crippen molar-refractivity contribution < 1.29 is 14.3 Å². The molecule has 0 saturated carbocycles. The number of rotatable bonds is 4. The van der Waals surface area contributed by atoms with Gasteiger partial charge in [0.25, 0.3) is 0 Å². The first kappa shape index (κ1) is 15.2. The number of piperidine rings is 1. The van der Waals surface area contributed by atoms with Gasteiger partial charge in [-0.2, -0.15) is 0 Å². The Labute approximate surface area is 124 Å². The highest BCUT2D eigenvalue weighted by Gasteiger charge is 2.25. The molecular formula is C15H21N3O3. The Bertz CT molecular complexity index is 511. The van der Waals surface area contributed by atoms with Gasteiger partial charge in [-0.1, -0.05) is 12.1 Å². The molecule has 1 aliphatic rings. The lowest BCUT2D eigenvalue weighted by Gasteiger charge is -2.30. The van der Waals surface area contributed by atoms with Crippen LogP contribution in [0.5, 0.6) is 5.75 Å². The molecule has 0 aliphatic carbocycles. The molecule has 2 rings (SSSR count). The minimum Gasteiger partial charge on any atom is -0.497 e. The maximum Gasteiger partial charge on any atom is 0.317 e. The lowest BCUT2D eigenvalue weighted by atomic mass is 9.96. The van der Waals surface area contributed by atoms with E-state index in [1.165, 1.54) is 0 Å². The van der Waals surface area contributed by atoms with Crippen LogP contribution in [0.4, 0.5) is 4.79 Å². The fourth-order valence-electron chi connectivity index (χ4n) is 2.44. The van der Waals surface area contributed by atoms with Crippen LogP contribution in [0.2, 0.25) is 0 Å². The SMILES string of the molecule is COc1cccc(CNC(=O)N2CCC(C(N)=O)CC2)c1. The van der Waals surface area contributed by atoms with Crippen LogP contribution >= 0.6 is 0 Å². The smallest absolute Gasteiger partial charge is 0.317 e. The fourth-order valence-corrected chi connectivity index (χ4v) is 2.44. The quantitative estimate of drug-likeness (QED) is 0.871. The van der Waals surface area contributed by atoms with Crippen molar-refractivity contribution in [1.29, 1.82) is 0 Å². The number of primary amides is 1. The molecule has 1 aliphatic heterocycles. The van der Waals surface area contributed by atoms with Gasteiger partial charge >= 0.3 is 6.03 Å². The van der Waals surface area contributed by atoms with Crippen LogP contribution in [0.3, 0.4) is 0 Å². The molecule has 1 aromatic rings. The number of nitrogens with zero attached hydrogens (tertiary/aromatic N) is 1. The van der Waals surface area contributed by atoms with Gasteiger partial charge in [-0.3, -0.25) is 4.79 Å². The first-order valence-electron chi connectivity index (χ1n) is 7.05. The van der Waals surface area contributed by atoms with Crippen molar-refractivity contribution in [3.63, 3.8) is 0 Å². The Morgan fingerprint density at radius 1 is 1.38 bits per heavy atom. The van der Waals surface area contributed by atoms with Gasteiger partial charge in [-0.15, -0.1) is 0 Å². The molecule has 21 heavy (non-hydrogen) atoms. The van der Waals surface area contributed by atoms with E-state index in [4.69, 9.17) is 10.5 Å². The van der Waals surface area contributed by atoms with Crippen molar-refractivity contribution >= 4 is 11.9 Å². The summed E-state index contributed by atoms with van der Waals surface area (Å²) in [5, 5.41) is 2.88. The van der Waals surface area contributed by atoms with Crippen LogP contribution < -0.4 is 15.8 Å². The summed E-state index contributed by atoms with van der Waals surface area (Å²) in [6.45, 7) is 1.58. The van der Waals surface area contributed by atoms with Crippen LogP contribution in [-0.4, -0.2) is 37.0 Å². The molecular weight excluding hydrogens is 270 g/mol. The Morgan fingerprint density at radius 2 is 2.10 bits per heavy atom. The first-order valence-corrected chi connectivity index (χ1v) is 7.05. The van der Waals surface area contributed by atoms with Gasteiger partial charge in [0.15, 0.2) is 0 Å². The third kappa shape index (κ3) is 4.11.